The smallest absolute Gasteiger partial charge is 0.311 e. The summed E-state index contributed by atoms with van der Waals surface area (Å²) in [5, 5.41) is 1.80. The van der Waals surface area contributed by atoms with Gasteiger partial charge in [0.05, 0.1) is 23.1 Å². The number of thiazole rings is 1. The predicted octanol–water partition coefficient (Wildman–Crippen LogP) is 2.76. The number of ether oxygens (including phenoxy) is 1. The lowest BCUT2D eigenvalue weighted by Gasteiger charge is -2.01. The van der Waals surface area contributed by atoms with Gasteiger partial charge in [-0.1, -0.05) is 11.6 Å². The zero-order valence-electron chi connectivity index (χ0n) is 10.8. The van der Waals surface area contributed by atoms with Crippen molar-refractivity contribution in [2.75, 3.05) is 11.3 Å². The second-order valence-electron chi connectivity index (χ2n) is 3.79. The number of anilines is 1. The molecule has 0 atom stereocenters. The predicted molar refractivity (Wildman–Crippen MR) is 82.6 cm³/mol. The van der Waals surface area contributed by atoms with Crippen molar-refractivity contribution in [1.29, 1.82) is 0 Å². The van der Waals surface area contributed by atoms with E-state index in [1.807, 2.05) is 0 Å². The van der Waals surface area contributed by atoms with Crippen LogP contribution in [0.15, 0.2) is 21.7 Å². The Labute approximate surface area is 134 Å². The molecule has 0 bridgehead atoms. The molecule has 114 valence electrons. The molecule has 0 unspecified atom stereocenters. The van der Waals surface area contributed by atoms with Gasteiger partial charge in [0.25, 0.3) is 10.0 Å². The third kappa shape index (κ3) is 4.40. The Morgan fingerprint density at radius 3 is 2.86 bits per heavy atom. The van der Waals surface area contributed by atoms with E-state index in [0.29, 0.717) is 16.6 Å². The first-order chi connectivity index (χ1) is 9.90. The summed E-state index contributed by atoms with van der Waals surface area (Å²) in [6, 6.07) is 2.93. The summed E-state index contributed by atoms with van der Waals surface area (Å²) in [4.78, 5) is 15.4. The Morgan fingerprint density at radius 1 is 1.48 bits per heavy atom. The quantitative estimate of drug-likeness (QED) is 0.794. The van der Waals surface area contributed by atoms with Crippen molar-refractivity contribution in [1.82, 2.24) is 4.98 Å². The van der Waals surface area contributed by atoms with Crippen molar-refractivity contribution in [3.05, 3.63) is 27.5 Å². The van der Waals surface area contributed by atoms with Gasteiger partial charge in [0.1, 0.15) is 4.21 Å². The first-order valence-electron chi connectivity index (χ1n) is 5.79. The van der Waals surface area contributed by atoms with Crippen LogP contribution in [0, 0.1) is 0 Å². The average molecular weight is 367 g/mol. The van der Waals surface area contributed by atoms with Gasteiger partial charge in [-0.05, 0) is 19.1 Å². The minimum atomic E-state index is -3.70. The summed E-state index contributed by atoms with van der Waals surface area (Å²) in [5.74, 6) is -0.401. The molecule has 2 rings (SSSR count). The molecule has 0 saturated carbocycles. The lowest BCUT2D eigenvalue weighted by atomic mass is 10.3. The SMILES string of the molecule is CCOC(=O)Cc1csc(NS(=O)(=O)c2ccc(Cl)s2)n1. The Morgan fingerprint density at radius 2 is 2.24 bits per heavy atom. The summed E-state index contributed by atoms with van der Waals surface area (Å²) < 4.78 is 31.8. The number of halogens is 1. The largest absolute Gasteiger partial charge is 0.466 e. The van der Waals surface area contributed by atoms with E-state index < -0.39 is 16.0 Å². The molecule has 1 N–H and O–H groups in total. The molecule has 0 aliphatic carbocycles. The standard InChI is InChI=1S/C11H11ClN2O4S3/c1-2-18-9(15)5-7-6-19-11(13-7)14-21(16,17)10-4-3-8(12)20-10/h3-4,6H,2,5H2,1H3,(H,13,14). The maximum Gasteiger partial charge on any atom is 0.311 e. The molecule has 21 heavy (non-hydrogen) atoms. The van der Waals surface area contributed by atoms with Gasteiger partial charge >= 0.3 is 5.97 Å². The Bertz CT molecular complexity index is 738. The number of thiophene rings is 1. The van der Waals surface area contributed by atoms with Gasteiger partial charge in [0.15, 0.2) is 5.13 Å². The highest BCUT2D eigenvalue weighted by molar-refractivity contribution is 7.94. The summed E-state index contributed by atoms with van der Waals surface area (Å²) in [6.07, 6.45) is 0.0108. The van der Waals surface area contributed by atoms with E-state index >= 15 is 0 Å². The van der Waals surface area contributed by atoms with E-state index in [-0.39, 0.29) is 15.8 Å². The van der Waals surface area contributed by atoms with Crippen molar-refractivity contribution < 1.29 is 17.9 Å². The molecule has 0 fully saturated rings. The molecule has 0 radical (unpaired) electrons. The van der Waals surface area contributed by atoms with Crippen molar-refractivity contribution >= 4 is 55.4 Å². The minimum absolute atomic E-state index is 0.0108. The monoisotopic (exact) mass is 366 g/mol. The van der Waals surface area contributed by atoms with Gasteiger partial charge in [-0.2, -0.15) is 0 Å². The van der Waals surface area contributed by atoms with Gasteiger partial charge in [-0.3, -0.25) is 9.52 Å². The Hall–Kier alpha value is -1.16. The van der Waals surface area contributed by atoms with Crippen LogP contribution in [0.3, 0.4) is 0 Å². The number of rotatable bonds is 6. The van der Waals surface area contributed by atoms with Crippen LogP contribution in [0.5, 0.6) is 0 Å². The van der Waals surface area contributed by atoms with Crippen LogP contribution in [0.4, 0.5) is 5.13 Å². The van der Waals surface area contributed by atoms with E-state index in [0.717, 1.165) is 22.7 Å². The zero-order valence-corrected chi connectivity index (χ0v) is 14.0. The molecule has 10 heteroatoms. The molecule has 2 aromatic rings. The number of hydrogen-bond donors (Lipinski definition) is 1. The zero-order chi connectivity index (χ0) is 15.5. The van der Waals surface area contributed by atoms with Crippen molar-refractivity contribution in [3.8, 4) is 0 Å². The highest BCUT2D eigenvalue weighted by atomic mass is 35.5. The number of nitrogens with one attached hydrogen (secondary N) is 1. The van der Waals surface area contributed by atoms with Crippen LogP contribution in [-0.4, -0.2) is 26.0 Å². The number of hydrogen-bond acceptors (Lipinski definition) is 7. The molecule has 0 saturated heterocycles. The Kier molecular flexibility index (Phi) is 5.20. The molecule has 6 nitrogen and oxygen atoms in total. The van der Waals surface area contributed by atoms with Crippen molar-refractivity contribution in [2.45, 2.75) is 17.6 Å². The van der Waals surface area contributed by atoms with Crippen LogP contribution in [0.25, 0.3) is 0 Å². The number of carbonyl (C=O) groups excluding carboxylic acids is 1. The van der Waals surface area contributed by atoms with Gasteiger partial charge in [0.2, 0.25) is 0 Å². The number of aromatic nitrogens is 1. The maximum absolute atomic E-state index is 12.1. The molecule has 2 heterocycles. The van der Waals surface area contributed by atoms with Gasteiger partial charge in [0, 0.05) is 5.38 Å². The van der Waals surface area contributed by atoms with Crippen LogP contribution in [-0.2, 0) is 26.0 Å². The first kappa shape index (κ1) is 16.2. The van der Waals surface area contributed by atoms with Crippen LogP contribution < -0.4 is 4.72 Å². The van der Waals surface area contributed by atoms with E-state index in [1.54, 1.807) is 12.3 Å². The van der Waals surface area contributed by atoms with Crippen molar-refractivity contribution in [3.63, 3.8) is 0 Å². The summed E-state index contributed by atoms with van der Waals surface area (Å²) in [6.45, 7) is 2.01. The second kappa shape index (κ2) is 6.73. The Balaban J connectivity index is 2.07. The molecule has 2 aromatic heterocycles. The summed E-state index contributed by atoms with van der Waals surface area (Å²) >= 11 is 7.78. The number of carbonyl (C=O) groups is 1. The fourth-order valence-electron chi connectivity index (χ4n) is 1.40. The van der Waals surface area contributed by atoms with Gasteiger partial charge in [-0.15, -0.1) is 22.7 Å². The van der Waals surface area contributed by atoms with Crippen molar-refractivity contribution in [2.24, 2.45) is 0 Å². The highest BCUT2D eigenvalue weighted by Crippen LogP contribution is 2.28. The maximum atomic E-state index is 12.1. The van der Waals surface area contributed by atoms with Gasteiger partial charge < -0.3 is 4.74 Å². The lowest BCUT2D eigenvalue weighted by Crippen LogP contribution is -2.12. The van der Waals surface area contributed by atoms with Crippen LogP contribution >= 0.6 is 34.3 Å². The second-order valence-corrected chi connectivity index (χ2v) is 8.27. The van der Waals surface area contributed by atoms with E-state index in [1.165, 1.54) is 12.1 Å². The highest BCUT2D eigenvalue weighted by Gasteiger charge is 2.19. The van der Waals surface area contributed by atoms with Crippen LogP contribution in [0.2, 0.25) is 4.34 Å². The normalized spacial score (nSPS) is 11.3. The third-order valence-corrected chi connectivity index (χ3v) is 6.22. The number of esters is 1. The molecular formula is C11H11ClN2O4S3. The van der Waals surface area contributed by atoms with E-state index in [4.69, 9.17) is 16.3 Å². The molecule has 0 spiro atoms. The van der Waals surface area contributed by atoms with Gasteiger partial charge in [-0.25, -0.2) is 13.4 Å². The fraction of sp³-hybridized carbons (Fsp3) is 0.273. The molecular weight excluding hydrogens is 356 g/mol. The average Bonchev–Trinajstić information content (AvgIpc) is 2.99. The molecule has 0 aromatic carbocycles. The topological polar surface area (TPSA) is 85.4 Å². The molecule has 0 aliphatic rings. The van der Waals surface area contributed by atoms with Crippen LogP contribution in [0.1, 0.15) is 12.6 Å². The summed E-state index contributed by atoms with van der Waals surface area (Å²) in [5.41, 5.74) is 0.459. The fourth-order valence-corrected chi connectivity index (χ4v) is 4.85. The molecule has 0 amide bonds. The van der Waals surface area contributed by atoms with E-state index in [9.17, 15) is 13.2 Å². The number of nitrogens with zero attached hydrogens (tertiary/aromatic N) is 1. The third-order valence-electron chi connectivity index (χ3n) is 2.22. The minimum Gasteiger partial charge on any atom is -0.466 e. The lowest BCUT2D eigenvalue weighted by molar-refractivity contribution is -0.142. The number of sulfonamides is 1. The molecule has 0 aliphatic heterocycles. The summed E-state index contributed by atoms with van der Waals surface area (Å²) in [7, 11) is -3.70. The van der Waals surface area contributed by atoms with E-state index in [2.05, 4.69) is 9.71 Å². The first-order valence-corrected chi connectivity index (χ1v) is 9.34.